The maximum atomic E-state index is 12.1. The van der Waals surface area contributed by atoms with Gasteiger partial charge in [-0.25, -0.2) is 0 Å². The number of hydrogen-bond donors (Lipinski definition) is 1. The maximum absolute atomic E-state index is 12.1. The summed E-state index contributed by atoms with van der Waals surface area (Å²) in [6.45, 7) is 6.03. The number of allylic oxidation sites excluding steroid dienone is 1. The Balaban J connectivity index is 1.54. The monoisotopic (exact) mass is 278 g/mol. The van der Waals surface area contributed by atoms with E-state index in [1.807, 2.05) is 0 Å². The molecule has 0 spiro atoms. The molecule has 1 unspecified atom stereocenters. The zero-order valence-electron chi connectivity index (χ0n) is 13.0. The molecule has 114 valence electrons. The molecule has 1 heterocycles. The van der Waals surface area contributed by atoms with Crippen LogP contribution in [0.1, 0.15) is 58.3 Å². The van der Waals surface area contributed by atoms with Crippen molar-refractivity contribution in [2.24, 2.45) is 5.92 Å². The summed E-state index contributed by atoms with van der Waals surface area (Å²) in [5, 5.41) is 3.43. The lowest BCUT2D eigenvalue weighted by Crippen LogP contribution is -2.40. The number of rotatable bonds is 6. The van der Waals surface area contributed by atoms with Crippen LogP contribution in [0.5, 0.6) is 0 Å². The number of hydrogen-bond acceptors (Lipinski definition) is 2. The van der Waals surface area contributed by atoms with E-state index < -0.39 is 0 Å². The molecule has 1 aliphatic heterocycles. The van der Waals surface area contributed by atoms with Crippen LogP contribution < -0.4 is 5.32 Å². The standard InChI is InChI=1S/C17H30N2O/c1-15-6-5-13-19(14-15)17(20)10-12-18-11-9-16-7-3-2-4-8-16/h7,15,18H,2-6,8-14H2,1H3. The Morgan fingerprint density at radius 1 is 1.35 bits per heavy atom. The zero-order valence-corrected chi connectivity index (χ0v) is 13.0. The fourth-order valence-corrected chi connectivity index (χ4v) is 3.28. The number of amides is 1. The molecule has 0 bridgehead atoms. The van der Waals surface area contributed by atoms with E-state index in [0.29, 0.717) is 18.2 Å². The van der Waals surface area contributed by atoms with E-state index in [1.54, 1.807) is 5.57 Å². The molecule has 0 aromatic heterocycles. The van der Waals surface area contributed by atoms with E-state index in [1.165, 1.54) is 38.5 Å². The van der Waals surface area contributed by atoms with Gasteiger partial charge in [-0.3, -0.25) is 4.79 Å². The predicted molar refractivity (Wildman–Crippen MR) is 83.6 cm³/mol. The molecule has 1 N–H and O–H groups in total. The molecular weight excluding hydrogens is 248 g/mol. The van der Waals surface area contributed by atoms with Crippen LogP contribution in [0.2, 0.25) is 0 Å². The van der Waals surface area contributed by atoms with Gasteiger partial charge < -0.3 is 10.2 Å². The molecule has 0 saturated carbocycles. The molecule has 1 saturated heterocycles. The average Bonchev–Trinajstić information content (AvgIpc) is 2.48. The normalized spacial score (nSPS) is 23.6. The largest absolute Gasteiger partial charge is 0.342 e. The van der Waals surface area contributed by atoms with Crippen LogP contribution >= 0.6 is 0 Å². The molecule has 0 aromatic carbocycles. The van der Waals surface area contributed by atoms with Gasteiger partial charge in [0.05, 0.1) is 0 Å². The summed E-state index contributed by atoms with van der Waals surface area (Å²) in [4.78, 5) is 14.1. The van der Waals surface area contributed by atoms with Crippen molar-refractivity contribution in [2.75, 3.05) is 26.2 Å². The van der Waals surface area contributed by atoms with Gasteiger partial charge in [0.1, 0.15) is 0 Å². The van der Waals surface area contributed by atoms with Crippen molar-refractivity contribution in [1.82, 2.24) is 10.2 Å². The van der Waals surface area contributed by atoms with Crippen LogP contribution in [-0.2, 0) is 4.79 Å². The lowest BCUT2D eigenvalue weighted by atomic mass is 9.97. The lowest BCUT2D eigenvalue weighted by molar-refractivity contribution is -0.132. The number of carbonyl (C=O) groups is 1. The highest BCUT2D eigenvalue weighted by atomic mass is 16.2. The van der Waals surface area contributed by atoms with Crippen molar-refractivity contribution in [3.8, 4) is 0 Å². The fraction of sp³-hybridized carbons (Fsp3) is 0.824. The van der Waals surface area contributed by atoms with Gasteiger partial charge in [0.25, 0.3) is 0 Å². The molecule has 0 aromatic rings. The second kappa shape index (κ2) is 8.46. The Morgan fingerprint density at radius 3 is 3.00 bits per heavy atom. The van der Waals surface area contributed by atoms with Gasteiger partial charge in [-0.05, 0) is 57.4 Å². The van der Waals surface area contributed by atoms with Gasteiger partial charge in [-0.2, -0.15) is 0 Å². The molecule has 3 heteroatoms. The van der Waals surface area contributed by atoms with Crippen molar-refractivity contribution < 1.29 is 4.79 Å². The SMILES string of the molecule is CC1CCCN(C(=O)CCNCCC2=CCCCC2)C1. The zero-order chi connectivity index (χ0) is 14.2. The number of carbonyl (C=O) groups excluding carboxylic acids is 1. The molecule has 1 aliphatic carbocycles. The predicted octanol–water partition coefficient (Wildman–Crippen LogP) is 3.12. The van der Waals surface area contributed by atoms with Crippen molar-refractivity contribution in [1.29, 1.82) is 0 Å². The first-order chi connectivity index (χ1) is 9.75. The van der Waals surface area contributed by atoms with E-state index in [9.17, 15) is 4.79 Å². The Hall–Kier alpha value is -0.830. The highest BCUT2D eigenvalue weighted by molar-refractivity contribution is 5.76. The number of nitrogens with one attached hydrogen (secondary N) is 1. The van der Waals surface area contributed by atoms with Gasteiger partial charge in [0.2, 0.25) is 5.91 Å². The number of piperidine rings is 1. The van der Waals surface area contributed by atoms with Crippen LogP contribution in [0.4, 0.5) is 0 Å². The summed E-state index contributed by atoms with van der Waals surface area (Å²) in [5.41, 5.74) is 1.61. The minimum atomic E-state index is 0.334. The molecule has 1 atom stereocenters. The first-order valence-electron chi connectivity index (χ1n) is 8.42. The summed E-state index contributed by atoms with van der Waals surface area (Å²) in [5.74, 6) is 1.01. The molecule has 3 nitrogen and oxygen atoms in total. The Labute approximate surface area is 123 Å². The molecule has 1 fully saturated rings. The Morgan fingerprint density at radius 2 is 2.25 bits per heavy atom. The number of nitrogens with zero attached hydrogens (tertiary/aromatic N) is 1. The second-order valence-corrected chi connectivity index (χ2v) is 6.45. The van der Waals surface area contributed by atoms with E-state index in [-0.39, 0.29) is 0 Å². The van der Waals surface area contributed by atoms with E-state index in [2.05, 4.69) is 23.2 Å². The van der Waals surface area contributed by atoms with E-state index >= 15 is 0 Å². The topological polar surface area (TPSA) is 32.3 Å². The van der Waals surface area contributed by atoms with Crippen molar-refractivity contribution in [3.05, 3.63) is 11.6 Å². The highest BCUT2D eigenvalue weighted by Crippen LogP contribution is 2.19. The third-order valence-electron chi connectivity index (χ3n) is 4.53. The molecular formula is C17H30N2O. The van der Waals surface area contributed by atoms with Crippen LogP contribution in [0, 0.1) is 5.92 Å². The number of likely N-dealkylation sites (tertiary alicyclic amines) is 1. The van der Waals surface area contributed by atoms with Crippen LogP contribution in [0.15, 0.2) is 11.6 Å². The van der Waals surface area contributed by atoms with Gasteiger partial charge >= 0.3 is 0 Å². The third-order valence-corrected chi connectivity index (χ3v) is 4.53. The maximum Gasteiger partial charge on any atom is 0.223 e. The van der Waals surface area contributed by atoms with Gasteiger partial charge in [0, 0.05) is 26.1 Å². The van der Waals surface area contributed by atoms with E-state index in [0.717, 1.165) is 32.6 Å². The van der Waals surface area contributed by atoms with Crippen LogP contribution in [-0.4, -0.2) is 37.0 Å². The molecule has 1 amide bonds. The smallest absolute Gasteiger partial charge is 0.223 e. The summed E-state index contributed by atoms with van der Waals surface area (Å²) in [6.07, 6.45) is 11.9. The lowest BCUT2D eigenvalue weighted by Gasteiger charge is -2.31. The van der Waals surface area contributed by atoms with Gasteiger partial charge in [-0.15, -0.1) is 0 Å². The van der Waals surface area contributed by atoms with E-state index in [4.69, 9.17) is 0 Å². The van der Waals surface area contributed by atoms with Crippen LogP contribution in [0.25, 0.3) is 0 Å². The van der Waals surface area contributed by atoms with Crippen molar-refractivity contribution >= 4 is 5.91 Å². The second-order valence-electron chi connectivity index (χ2n) is 6.45. The first-order valence-corrected chi connectivity index (χ1v) is 8.42. The van der Waals surface area contributed by atoms with Crippen LogP contribution in [0.3, 0.4) is 0 Å². The van der Waals surface area contributed by atoms with Gasteiger partial charge in [0.15, 0.2) is 0 Å². The van der Waals surface area contributed by atoms with Gasteiger partial charge in [-0.1, -0.05) is 18.6 Å². The Bertz CT molecular complexity index is 338. The molecule has 20 heavy (non-hydrogen) atoms. The molecule has 2 aliphatic rings. The minimum Gasteiger partial charge on any atom is -0.342 e. The summed E-state index contributed by atoms with van der Waals surface area (Å²) in [6, 6.07) is 0. The first kappa shape index (κ1) is 15.6. The molecule has 0 radical (unpaired) electrons. The quantitative estimate of drug-likeness (QED) is 0.598. The Kier molecular flexibility index (Phi) is 6.58. The van der Waals surface area contributed by atoms with Crippen molar-refractivity contribution in [2.45, 2.75) is 58.3 Å². The molecule has 2 rings (SSSR count). The fourth-order valence-electron chi connectivity index (χ4n) is 3.28. The summed E-state index contributed by atoms with van der Waals surface area (Å²) in [7, 11) is 0. The average molecular weight is 278 g/mol. The third kappa shape index (κ3) is 5.28. The van der Waals surface area contributed by atoms with Crippen molar-refractivity contribution in [3.63, 3.8) is 0 Å². The summed E-state index contributed by atoms with van der Waals surface area (Å²) >= 11 is 0. The summed E-state index contributed by atoms with van der Waals surface area (Å²) < 4.78 is 0. The highest BCUT2D eigenvalue weighted by Gasteiger charge is 2.20. The minimum absolute atomic E-state index is 0.334.